The molecule has 0 aliphatic carbocycles. The number of alkyl halides is 8. The molecule has 0 spiro atoms. The molecule has 0 aliphatic heterocycles. The van der Waals surface area contributed by atoms with Crippen molar-refractivity contribution in [2.45, 2.75) is 31.3 Å². The first kappa shape index (κ1) is 16.7. The van der Waals surface area contributed by atoms with Crippen LogP contribution >= 0.6 is 0 Å². The van der Waals surface area contributed by atoms with Gasteiger partial charge in [0.15, 0.2) is 0 Å². The number of rotatable bonds is 2. The Morgan fingerprint density at radius 3 is 1.35 bits per heavy atom. The molecular weight excluding hydrogens is 300 g/mol. The molecule has 114 valence electrons. The van der Waals surface area contributed by atoms with Gasteiger partial charge >= 0.3 is 12.4 Å². The second-order valence-electron chi connectivity index (χ2n) is 4.24. The summed E-state index contributed by atoms with van der Waals surface area (Å²) in [5.41, 5.74) is -7.80. The van der Waals surface area contributed by atoms with Crippen LogP contribution in [0.1, 0.15) is 23.6 Å². The summed E-state index contributed by atoms with van der Waals surface area (Å²) in [7, 11) is 0. The molecule has 1 aromatic carbocycles. The van der Waals surface area contributed by atoms with Gasteiger partial charge in [-0.15, -0.1) is 0 Å². The maximum Gasteiger partial charge on any atom is 0.416 e. The molecule has 0 fully saturated rings. The summed E-state index contributed by atoms with van der Waals surface area (Å²) in [6.07, 6.45) is -13.9. The maximum absolute atomic E-state index is 12.5. The van der Waals surface area contributed by atoms with Crippen LogP contribution in [0.5, 0.6) is 0 Å². The third kappa shape index (κ3) is 3.38. The van der Waals surface area contributed by atoms with Crippen LogP contribution in [0, 0.1) is 0 Å². The zero-order chi connectivity index (χ0) is 15.9. The molecule has 0 radical (unpaired) electrons. The molecule has 0 saturated heterocycles. The summed E-state index contributed by atoms with van der Waals surface area (Å²) in [5.74, 6) is 0. The van der Waals surface area contributed by atoms with Crippen molar-refractivity contribution in [3.8, 4) is 0 Å². The van der Waals surface area contributed by atoms with Gasteiger partial charge < -0.3 is 5.11 Å². The lowest BCUT2D eigenvalue weighted by Gasteiger charge is -2.25. The van der Waals surface area contributed by atoms with Crippen molar-refractivity contribution < 1.29 is 40.2 Å². The van der Waals surface area contributed by atoms with E-state index >= 15 is 0 Å². The predicted molar refractivity (Wildman–Crippen MR) is 52.0 cm³/mol. The van der Waals surface area contributed by atoms with Crippen LogP contribution in [0.2, 0.25) is 0 Å². The van der Waals surface area contributed by atoms with Crippen molar-refractivity contribution in [2.75, 3.05) is 0 Å². The molecule has 0 saturated carbocycles. The number of aliphatic hydroxyl groups is 1. The van der Waals surface area contributed by atoms with E-state index in [2.05, 4.69) is 0 Å². The molecule has 9 heteroatoms. The van der Waals surface area contributed by atoms with Gasteiger partial charge in [0.05, 0.1) is 11.1 Å². The predicted octanol–water partition coefficient (Wildman–Crippen LogP) is 4.20. The molecule has 1 nitrogen and oxygen atoms in total. The second-order valence-corrected chi connectivity index (χ2v) is 4.24. The molecule has 0 heterocycles. The second kappa shape index (κ2) is 4.87. The van der Waals surface area contributed by atoms with Gasteiger partial charge in [-0.05, 0) is 30.7 Å². The van der Waals surface area contributed by atoms with Crippen molar-refractivity contribution in [2.24, 2.45) is 0 Å². The highest BCUT2D eigenvalue weighted by Gasteiger charge is 2.41. The lowest BCUT2D eigenvalue weighted by molar-refractivity contribution is -0.144. The summed E-state index contributed by atoms with van der Waals surface area (Å²) < 4.78 is 100. The van der Waals surface area contributed by atoms with Gasteiger partial charge in [0.2, 0.25) is 0 Å². The normalized spacial score (nSPS) is 16.4. The number of benzene rings is 1. The molecular formula is C11H8F8O. The number of hydrogen-bond acceptors (Lipinski definition) is 1. The zero-order valence-electron chi connectivity index (χ0n) is 9.78. The van der Waals surface area contributed by atoms with Crippen molar-refractivity contribution >= 4 is 0 Å². The van der Waals surface area contributed by atoms with Crippen molar-refractivity contribution in [3.63, 3.8) is 0 Å². The van der Waals surface area contributed by atoms with E-state index in [0.717, 1.165) is 0 Å². The number of halogens is 8. The van der Waals surface area contributed by atoms with E-state index in [4.69, 9.17) is 0 Å². The summed E-state index contributed by atoms with van der Waals surface area (Å²) in [6.45, 7) is 0.438. The van der Waals surface area contributed by atoms with Crippen LogP contribution in [0.4, 0.5) is 35.1 Å². The minimum Gasteiger partial charge on any atom is -0.379 e. The van der Waals surface area contributed by atoms with Gasteiger partial charge in [-0.1, -0.05) is 0 Å². The fourth-order valence-corrected chi connectivity index (χ4v) is 1.37. The first-order valence-electron chi connectivity index (χ1n) is 5.06. The van der Waals surface area contributed by atoms with E-state index in [-0.39, 0.29) is 18.2 Å². The average Bonchev–Trinajstić information content (AvgIpc) is 2.25. The van der Waals surface area contributed by atoms with Crippen molar-refractivity contribution in [3.05, 3.63) is 34.9 Å². The smallest absolute Gasteiger partial charge is 0.379 e. The summed E-state index contributed by atoms with van der Waals surface area (Å²) >= 11 is 0. The van der Waals surface area contributed by atoms with Crippen LogP contribution in [0.3, 0.4) is 0 Å². The van der Waals surface area contributed by atoms with Crippen LogP contribution in [0.15, 0.2) is 18.2 Å². The van der Waals surface area contributed by atoms with Crippen molar-refractivity contribution in [1.82, 2.24) is 0 Å². The van der Waals surface area contributed by atoms with Gasteiger partial charge in [-0.25, -0.2) is 8.78 Å². The van der Waals surface area contributed by atoms with Gasteiger partial charge in [-0.2, -0.15) is 26.3 Å². The van der Waals surface area contributed by atoms with Crippen LogP contribution in [0.25, 0.3) is 0 Å². The quantitative estimate of drug-likeness (QED) is 0.812. The van der Waals surface area contributed by atoms with Gasteiger partial charge in [0.1, 0.15) is 5.60 Å². The van der Waals surface area contributed by atoms with Gasteiger partial charge in [0.25, 0.3) is 6.43 Å². The molecule has 0 bridgehead atoms. The molecule has 1 rings (SSSR count). The minimum absolute atomic E-state index is 0.0708. The fourth-order valence-electron chi connectivity index (χ4n) is 1.37. The Kier molecular flexibility index (Phi) is 4.06. The Labute approximate surface area is 107 Å². The molecule has 20 heavy (non-hydrogen) atoms. The molecule has 0 aliphatic rings. The number of hydrogen-bond donors (Lipinski definition) is 1. The average molecular weight is 308 g/mol. The Hall–Kier alpha value is -1.38. The molecule has 1 N–H and O–H groups in total. The summed E-state index contributed by atoms with van der Waals surface area (Å²) in [5, 5.41) is 9.36. The fraction of sp³-hybridized carbons (Fsp3) is 0.455. The minimum atomic E-state index is -5.16. The highest BCUT2D eigenvalue weighted by molar-refractivity contribution is 5.36. The molecule has 0 amide bonds. The Morgan fingerprint density at radius 2 is 1.10 bits per heavy atom. The van der Waals surface area contributed by atoms with Gasteiger partial charge in [0, 0.05) is 0 Å². The van der Waals surface area contributed by atoms with Crippen LogP contribution < -0.4 is 0 Å². The summed E-state index contributed by atoms with van der Waals surface area (Å²) in [6, 6.07) is -0.0617. The van der Waals surface area contributed by atoms with E-state index in [0.29, 0.717) is 6.92 Å². The van der Waals surface area contributed by atoms with E-state index in [9.17, 15) is 40.2 Å². The first-order valence-corrected chi connectivity index (χ1v) is 5.06. The van der Waals surface area contributed by atoms with E-state index in [1.807, 2.05) is 0 Å². The topological polar surface area (TPSA) is 20.2 Å². The molecule has 1 unspecified atom stereocenters. The maximum atomic E-state index is 12.5. The largest absolute Gasteiger partial charge is 0.416 e. The Morgan fingerprint density at radius 1 is 0.800 bits per heavy atom. The Bertz CT molecular complexity index is 454. The third-order valence-corrected chi connectivity index (χ3v) is 2.60. The molecule has 1 atom stereocenters. The molecule has 1 aromatic rings. The van der Waals surface area contributed by atoms with E-state index < -0.39 is 41.1 Å². The molecule has 0 aromatic heterocycles. The third-order valence-electron chi connectivity index (χ3n) is 2.60. The lowest BCUT2D eigenvalue weighted by atomic mass is 9.92. The van der Waals surface area contributed by atoms with E-state index in [1.54, 1.807) is 0 Å². The highest BCUT2D eigenvalue weighted by atomic mass is 19.4. The zero-order valence-corrected chi connectivity index (χ0v) is 9.78. The van der Waals surface area contributed by atoms with E-state index in [1.165, 1.54) is 0 Å². The summed E-state index contributed by atoms with van der Waals surface area (Å²) in [4.78, 5) is 0. The van der Waals surface area contributed by atoms with Crippen molar-refractivity contribution in [1.29, 1.82) is 0 Å². The van der Waals surface area contributed by atoms with Crippen LogP contribution in [-0.2, 0) is 18.0 Å². The Balaban J connectivity index is 3.55. The van der Waals surface area contributed by atoms with Gasteiger partial charge in [-0.3, -0.25) is 0 Å². The monoisotopic (exact) mass is 308 g/mol. The first-order chi connectivity index (χ1) is 8.76. The SMILES string of the molecule is CC(O)(c1cc(C(F)(F)F)cc(C(F)(F)F)c1)C(F)F. The standard InChI is InChI=1S/C11H8F8O/c1-9(20,8(12)13)5-2-6(10(14,15)16)4-7(3-5)11(17,18)19/h2-4,8,20H,1H3. The lowest BCUT2D eigenvalue weighted by Crippen LogP contribution is -2.31. The van der Waals surface area contributed by atoms with Crippen LogP contribution in [-0.4, -0.2) is 11.5 Å². The highest BCUT2D eigenvalue weighted by Crippen LogP contribution is 2.39.